The fourth-order valence-corrected chi connectivity index (χ4v) is 3.13. The maximum absolute atomic E-state index is 13.0. The third-order valence-electron chi connectivity index (χ3n) is 4.47. The smallest absolute Gasteiger partial charge is 0.322 e. The highest BCUT2D eigenvalue weighted by Crippen LogP contribution is 2.30. The fraction of sp³-hybridized carbons (Fsp3) is 0.0952. The number of nitrogens with one attached hydrogen (secondary N) is 2. The van der Waals surface area contributed by atoms with Crippen LogP contribution < -0.4 is 16.2 Å². The van der Waals surface area contributed by atoms with Crippen molar-refractivity contribution in [2.75, 3.05) is 11.9 Å². The van der Waals surface area contributed by atoms with Crippen LogP contribution in [0.2, 0.25) is 5.02 Å². The Morgan fingerprint density at radius 1 is 1.03 bits per heavy atom. The Balaban J connectivity index is 2.16. The quantitative estimate of drug-likeness (QED) is 0.343. The molecule has 2 aromatic heterocycles. The normalized spacial score (nSPS) is 10.5. The molecule has 2 amide bonds. The number of aromatic hydroxyl groups is 2. The van der Waals surface area contributed by atoms with Gasteiger partial charge >= 0.3 is 5.97 Å². The van der Waals surface area contributed by atoms with E-state index in [4.69, 9.17) is 16.7 Å². The zero-order chi connectivity index (χ0) is 24.1. The molecule has 0 aliphatic heterocycles. The summed E-state index contributed by atoms with van der Waals surface area (Å²) in [7, 11) is 0. The molecule has 0 bridgehead atoms. The minimum atomic E-state index is -1.40. The van der Waals surface area contributed by atoms with Crippen LogP contribution in [0.4, 0.5) is 5.69 Å². The highest BCUT2D eigenvalue weighted by molar-refractivity contribution is 6.31. The monoisotopic (exact) mass is 472 g/mol. The van der Waals surface area contributed by atoms with Crippen molar-refractivity contribution in [3.8, 4) is 11.6 Å². The van der Waals surface area contributed by atoms with Gasteiger partial charge in [-0.3, -0.25) is 28.7 Å². The van der Waals surface area contributed by atoms with E-state index in [1.54, 1.807) is 18.2 Å². The van der Waals surface area contributed by atoms with E-state index >= 15 is 0 Å². The van der Waals surface area contributed by atoms with Crippen LogP contribution in [-0.4, -0.2) is 49.2 Å². The predicted molar refractivity (Wildman–Crippen MR) is 117 cm³/mol. The van der Waals surface area contributed by atoms with Crippen molar-refractivity contribution in [1.82, 2.24) is 14.9 Å². The van der Waals surface area contributed by atoms with Crippen LogP contribution in [0.1, 0.15) is 26.3 Å². The zero-order valence-corrected chi connectivity index (χ0v) is 17.5. The average Bonchev–Trinajstić information content (AvgIpc) is 2.77. The number of hydrogen-bond donors (Lipinski definition) is 5. The number of aliphatic carboxylic acids is 1. The molecule has 0 radical (unpaired) electrons. The van der Waals surface area contributed by atoms with Gasteiger partial charge in [-0.05, 0) is 23.8 Å². The summed E-state index contributed by atoms with van der Waals surface area (Å²) in [4.78, 5) is 53.0. The third kappa shape index (κ3) is 5.10. The second kappa shape index (κ2) is 9.83. The van der Waals surface area contributed by atoms with Gasteiger partial charge in [-0.15, -0.1) is 0 Å². The lowest BCUT2D eigenvalue weighted by molar-refractivity contribution is -0.135. The molecule has 0 spiro atoms. The summed E-state index contributed by atoms with van der Waals surface area (Å²) in [6, 6.07) is 9.37. The summed E-state index contributed by atoms with van der Waals surface area (Å²) in [5.41, 5.74) is -2.27. The van der Waals surface area contributed by atoms with Gasteiger partial charge in [0, 0.05) is 11.2 Å². The van der Waals surface area contributed by atoms with Crippen LogP contribution in [0.15, 0.2) is 53.6 Å². The van der Waals surface area contributed by atoms with Gasteiger partial charge in [0.2, 0.25) is 5.88 Å². The fourth-order valence-electron chi connectivity index (χ4n) is 2.93. The molecule has 3 rings (SSSR count). The topological polar surface area (TPSA) is 171 Å². The zero-order valence-electron chi connectivity index (χ0n) is 16.8. The van der Waals surface area contributed by atoms with E-state index in [9.17, 15) is 29.4 Å². The van der Waals surface area contributed by atoms with Crippen molar-refractivity contribution < 1.29 is 29.7 Å². The van der Waals surface area contributed by atoms with E-state index in [2.05, 4.69) is 10.3 Å². The molecule has 0 unspecified atom stereocenters. The minimum Gasteiger partial charge on any atom is -0.506 e. The van der Waals surface area contributed by atoms with E-state index in [0.29, 0.717) is 10.1 Å². The third-order valence-corrected chi connectivity index (χ3v) is 4.84. The Labute approximate surface area is 190 Å². The molecular formula is C21H17ClN4O7. The van der Waals surface area contributed by atoms with E-state index in [1.165, 1.54) is 30.6 Å². The number of anilines is 1. The summed E-state index contributed by atoms with van der Waals surface area (Å²) in [5.74, 6) is -5.72. The Kier molecular flexibility index (Phi) is 6.94. The van der Waals surface area contributed by atoms with Crippen molar-refractivity contribution >= 4 is 35.1 Å². The number of carbonyl (C=O) groups is 3. The van der Waals surface area contributed by atoms with Crippen LogP contribution in [-0.2, 0) is 11.3 Å². The SMILES string of the molecule is O=C(O)CNC(=O)c1c(O)c(C(=O)Nc2cccnc2)c(O)n(Cc2ccccc2Cl)c1=O. The number of rotatable bonds is 7. The molecular weight excluding hydrogens is 456 g/mol. The first kappa shape index (κ1) is 23.3. The second-order valence-corrected chi connectivity index (χ2v) is 7.08. The molecule has 2 heterocycles. The van der Waals surface area contributed by atoms with Gasteiger partial charge in [-0.1, -0.05) is 29.8 Å². The lowest BCUT2D eigenvalue weighted by Gasteiger charge is -2.17. The summed E-state index contributed by atoms with van der Waals surface area (Å²) in [6.45, 7) is -1.20. The first-order valence-electron chi connectivity index (χ1n) is 9.34. The number of carboxylic acids is 1. The van der Waals surface area contributed by atoms with Gasteiger partial charge in [0.05, 0.1) is 18.4 Å². The van der Waals surface area contributed by atoms with Crippen molar-refractivity contribution in [3.63, 3.8) is 0 Å². The molecule has 1 aromatic carbocycles. The van der Waals surface area contributed by atoms with E-state index in [-0.39, 0.29) is 17.3 Å². The molecule has 33 heavy (non-hydrogen) atoms. The second-order valence-electron chi connectivity index (χ2n) is 6.68. The molecule has 0 saturated heterocycles. The molecule has 0 saturated carbocycles. The lowest BCUT2D eigenvalue weighted by atomic mass is 10.1. The number of benzene rings is 1. The van der Waals surface area contributed by atoms with E-state index in [0.717, 1.165) is 0 Å². The molecule has 0 atom stereocenters. The van der Waals surface area contributed by atoms with Gasteiger partial charge in [-0.2, -0.15) is 0 Å². The van der Waals surface area contributed by atoms with Crippen LogP contribution in [0.3, 0.4) is 0 Å². The summed E-state index contributed by atoms with van der Waals surface area (Å²) < 4.78 is 0.675. The highest BCUT2D eigenvalue weighted by Gasteiger charge is 2.30. The summed E-state index contributed by atoms with van der Waals surface area (Å²) in [6.07, 6.45) is 2.76. The molecule has 0 fully saturated rings. The van der Waals surface area contributed by atoms with Crippen molar-refractivity contribution in [3.05, 3.63) is 80.9 Å². The molecule has 12 heteroatoms. The van der Waals surface area contributed by atoms with Crippen LogP contribution in [0, 0.1) is 0 Å². The number of aromatic nitrogens is 2. The summed E-state index contributed by atoms with van der Waals surface area (Å²) >= 11 is 6.13. The molecule has 170 valence electrons. The number of pyridine rings is 2. The largest absolute Gasteiger partial charge is 0.506 e. The minimum absolute atomic E-state index is 0.210. The van der Waals surface area contributed by atoms with Crippen LogP contribution >= 0.6 is 11.6 Å². The van der Waals surface area contributed by atoms with Crippen molar-refractivity contribution in [2.24, 2.45) is 0 Å². The number of nitrogens with zero attached hydrogens (tertiary/aromatic N) is 2. The maximum atomic E-state index is 13.0. The van der Waals surface area contributed by atoms with Gasteiger partial charge in [0.15, 0.2) is 5.75 Å². The van der Waals surface area contributed by atoms with Crippen molar-refractivity contribution in [1.29, 1.82) is 0 Å². The van der Waals surface area contributed by atoms with Crippen LogP contribution in [0.25, 0.3) is 0 Å². The van der Waals surface area contributed by atoms with Gasteiger partial charge < -0.3 is 26.0 Å². The Bertz CT molecular complexity index is 1290. The first-order valence-corrected chi connectivity index (χ1v) is 9.72. The van der Waals surface area contributed by atoms with E-state index < -0.39 is 52.6 Å². The van der Waals surface area contributed by atoms with Crippen LogP contribution in [0.5, 0.6) is 11.6 Å². The van der Waals surface area contributed by atoms with E-state index in [1.807, 2.05) is 5.32 Å². The number of halogens is 1. The molecule has 3 aromatic rings. The Morgan fingerprint density at radius 2 is 1.76 bits per heavy atom. The number of carboxylic acid groups (broad SMARTS) is 1. The molecule has 5 N–H and O–H groups in total. The summed E-state index contributed by atoms with van der Waals surface area (Å²) in [5, 5.41) is 34.7. The Hall–Kier alpha value is -4.38. The van der Waals surface area contributed by atoms with Crippen molar-refractivity contribution in [2.45, 2.75) is 6.54 Å². The molecule has 0 aliphatic rings. The van der Waals surface area contributed by atoms with Gasteiger partial charge in [0.25, 0.3) is 17.4 Å². The Morgan fingerprint density at radius 3 is 2.39 bits per heavy atom. The standard InChI is InChI=1S/C21H17ClN4O7/c22-13-6-2-1-4-11(13)10-26-20(32)15(18(30)24-9-14(27)28)17(29)16(21(26)33)19(31)25-12-5-3-7-23-8-12/h1-8,29,33H,9-10H2,(H,24,30)(H,25,31)(H,27,28). The molecule has 0 aliphatic carbocycles. The maximum Gasteiger partial charge on any atom is 0.322 e. The predicted octanol–water partition coefficient (Wildman–Crippen LogP) is 1.42. The number of carbonyl (C=O) groups excluding carboxylic acids is 2. The van der Waals surface area contributed by atoms with Gasteiger partial charge in [-0.25, -0.2) is 0 Å². The highest BCUT2D eigenvalue weighted by atomic mass is 35.5. The lowest BCUT2D eigenvalue weighted by Crippen LogP contribution is -2.37. The van der Waals surface area contributed by atoms with Gasteiger partial charge in [0.1, 0.15) is 17.7 Å². The average molecular weight is 473 g/mol. The number of hydrogen-bond acceptors (Lipinski definition) is 7. The first-order chi connectivity index (χ1) is 15.7. The molecule has 11 nitrogen and oxygen atoms in total. The number of amides is 2.